The number of carbonyl (C=O) groups excluding carboxylic acids is 2. The number of likely N-dealkylation sites (tertiary alicyclic amines) is 1. The number of benzene rings is 2. The number of nitrogens with one attached hydrogen (secondary N) is 1. The van der Waals surface area contributed by atoms with Gasteiger partial charge in [-0.15, -0.1) is 0 Å². The second-order valence-corrected chi connectivity index (χ2v) is 6.60. The minimum atomic E-state index is -0.145. The molecule has 0 unspecified atom stereocenters. The number of aromatic nitrogens is 2. The van der Waals surface area contributed by atoms with Crippen molar-refractivity contribution < 1.29 is 9.59 Å². The predicted molar refractivity (Wildman–Crippen MR) is 100 cm³/mol. The lowest BCUT2D eigenvalue weighted by atomic mass is 10.1. The molecule has 0 saturated carbocycles. The maximum Gasteiger partial charge on any atom is 0.229 e. The molecule has 1 atom stereocenters. The Labute approximate surface area is 151 Å². The smallest absolute Gasteiger partial charge is 0.229 e. The Morgan fingerprint density at radius 3 is 2.62 bits per heavy atom. The number of amides is 2. The van der Waals surface area contributed by atoms with Crippen LogP contribution in [-0.2, 0) is 9.59 Å². The van der Waals surface area contributed by atoms with Crippen LogP contribution in [0.1, 0.15) is 13.3 Å². The highest BCUT2D eigenvalue weighted by Crippen LogP contribution is 2.21. The fraction of sp³-hybridized carbons (Fsp3) is 0.250. The van der Waals surface area contributed by atoms with Gasteiger partial charge in [-0.05, 0) is 36.8 Å². The molecule has 6 heteroatoms. The molecule has 132 valence electrons. The third-order valence-electron chi connectivity index (χ3n) is 4.86. The van der Waals surface area contributed by atoms with Crippen LogP contribution in [0.15, 0.2) is 54.7 Å². The predicted octanol–water partition coefficient (Wildman–Crippen LogP) is 2.83. The first-order valence-corrected chi connectivity index (χ1v) is 8.71. The number of para-hydroxylation sites is 1. The van der Waals surface area contributed by atoms with E-state index in [2.05, 4.69) is 10.4 Å². The van der Waals surface area contributed by atoms with Gasteiger partial charge in [-0.3, -0.25) is 9.59 Å². The Kier molecular flexibility index (Phi) is 4.16. The largest absolute Gasteiger partial charge is 0.342 e. The molecule has 0 radical (unpaired) electrons. The topological polar surface area (TPSA) is 67.2 Å². The number of rotatable bonds is 3. The van der Waals surface area contributed by atoms with Gasteiger partial charge in [0.2, 0.25) is 11.8 Å². The van der Waals surface area contributed by atoms with Crippen molar-refractivity contribution in [1.29, 1.82) is 0 Å². The van der Waals surface area contributed by atoms with Crippen molar-refractivity contribution >= 4 is 28.4 Å². The van der Waals surface area contributed by atoms with Crippen molar-refractivity contribution in [2.75, 3.05) is 18.4 Å². The second kappa shape index (κ2) is 6.63. The summed E-state index contributed by atoms with van der Waals surface area (Å²) < 4.78 is 1.88. The van der Waals surface area contributed by atoms with Crippen LogP contribution >= 0.6 is 0 Å². The van der Waals surface area contributed by atoms with Crippen LogP contribution in [-0.4, -0.2) is 39.6 Å². The fourth-order valence-corrected chi connectivity index (χ4v) is 3.37. The summed E-state index contributed by atoms with van der Waals surface area (Å²) in [5.74, 6) is -0.157. The highest BCUT2D eigenvalue weighted by molar-refractivity contribution is 5.93. The number of anilines is 1. The average molecular weight is 348 g/mol. The number of nitrogens with zero attached hydrogens (tertiary/aromatic N) is 3. The third kappa shape index (κ3) is 3.06. The molecule has 26 heavy (non-hydrogen) atoms. The Hall–Kier alpha value is -3.15. The van der Waals surface area contributed by atoms with Crippen molar-refractivity contribution in [3.8, 4) is 5.69 Å². The van der Waals surface area contributed by atoms with E-state index in [1.807, 2.05) is 59.4 Å². The SMILES string of the molecule is CC(=O)N1CC[C@@H](C(=O)Nc2ccc(-n3ncc4ccccc43)cc2)C1. The lowest BCUT2D eigenvalue weighted by Gasteiger charge is -2.14. The first-order chi connectivity index (χ1) is 12.6. The molecule has 1 aliphatic heterocycles. The molecular weight excluding hydrogens is 328 g/mol. The monoisotopic (exact) mass is 348 g/mol. The number of hydrogen-bond donors (Lipinski definition) is 1. The van der Waals surface area contributed by atoms with Crippen LogP contribution in [0, 0.1) is 5.92 Å². The number of hydrogen-bond acceptors (Lipinski definition) is 3. The molecule has 1 aromatic heterocycles. The Morgan fingerprint density at radius 1 is 1.12 bits per heavy atom. The molecule has 3 aromatic rings. The quantitative estimate of drug-likeness (QED) is 0.791. The maximum atomic E-state index is 12.4. The van der Waals surface area contributed by atoms with Crippen molar-refractivity contribution in [1.82, 2.24) is 14.7 Å². The van der Waals surface area contributed by atoms with Crippen LogP contribution in [0.5, 0.6) is 0 Å². The van der Waals surface area contributed by atoms with Crippen molar-refractivity contribution in [3.05, 3.63) is 54.7 Å². The van der Waals surface area contributed by atoms with Crippen LogP contribution in [0.3, 0.4) is 0 Å². The molecule has 0 aliphatic carbocycles. The van der Waals surface area contributed by atoms with E-state index < -0.39 is 0 Å². The lowest BCUT2D eigenvalue weighted by molar-refractivity contribution is -0.128. The summed E-state index contributed by atoms with van der Waals surface area (Å²) >= 11 is 0. The highest BCUT2D eigenvalue weighted by Gasteiger charge is 2.29. The summed E-state index contributed by atoms with van der Waals surface area (Å²) in [4.78, 5) is 25.5. The van der Waals surface area contributed by atoms with E-state index in [0.29, 0.717) is 19.5 Å². The standard InChI is InChI=1S/C20H20N4O2/c1-14(25)23-11-10-16(13-23)20(26)22-17-6-8-18(9-7-17)24-19-5-3-2-4-15(19)12-21-24/h2-9,12,16H,10-11,13H2,1H3,(H,22,26)/t16-/m1/s1. The van der Waals surface area contributed by atoms with Gasteiger partial charge in [0.1, 0.15) is 0 Å². The minimum absolute atomic E-state index is 0.0242. The maximum absolute atomic E-state index is 12.4. The molecule has 1 N–H and O–H groups in total. The third-order valence-corrected chi connectivity index (χ3v) is 4.86. The first-order valence-electron chi connectivity index (χ1n) is 8.71. The van der Waals surface area contributed by atoms with Gasteiger partial charge < -0.3 is 10.2 Å². The normalized spacial score (nSPS) is 16.8. The summed E-state index contributed by atoms with van der Waals surface area (Å²) in [5.41, 5.74) is 2.73. The van der Waals surface area contributed by atoms with E-state index in [4.69, 9.17) is 0 Å². The molecule has 0 spiro atoms. The molecule has 2 heterocycles. The van der Waals surface area contributed by atoms with Gasteiger partial charge in [0.05, 0.1) is 23.3 Å². The Balaban J connectivity index is 1.47. The summed E-state index contributed by atoms with van der Waals surface area (Å²) in [6.45, 7) is 2.69. The van der Waals surface area contributed by atoms with Gasteiger partial charge in [0.15, 0.2) is 0 Å². The van der Waals surface area contributed by atoms with E-state index in [-0.39, 0.29) is 17.7 Å². The number of fused-ring (bicyclic) bond motifs is 1. The van der Waals surface area contributed by atoms with E-state index in [0.717, 1.165) is 22.3 Å². The van der Waals surface area contributed by atoms with Gasteiger partial charge in [0, 0.05) is 31.1 Å². The molecule has 4 rings (SSSR count). The summed E-state index contributed by atoms with van der Waals surface area (Å²) in [5, 5.41) is 8.47. The fourth-order valence-electron chi connectivity index (χ4n) is 3.37. The molecule has 6 nitrogen and oxygen atoms in total. The summed E-state index contributed by atoms with van der Waals surface area (Å²) in [6.07, 6.45) is 2.55. The minimum Gasteiger partial charge on any atom is -0.342 e. The van der Waals surface area contributed by atoms with Gasteiger partial charge in [-0.1, -0.05) is 18.2 Å². The zero-order chi connectivity index (χ0) is 18.1. The zero-order valence-electron chi connectivity index (χ0n) is 14.6. The van der Waals surface area contributed by atoms with Crippen molar-refractivity contribution in [3.63, 3.8) is 0 Å². The first kappa shape index (κ1) is 16.3. The average Bonchev–Trinajstić information content (AvgIpc) is 3.30. The van der Waals surface area contributed by atoms with E-state index in [9.17, 15) is 9.59 Å². The summed E-state index contributed by atoms with van der Waals surface area (Å²) in [6, 6.07) is 15.7. The number of carbonyl (C=O) groups is 2. The molecule has 0 bridgehead atoms. The van der Waals surface area contributed by atoms with Gasteiger partial charge in [0.25, 0.3) is 0 Å². The van der Waals surface area contributed by atoms with E-state index in [1.54, 1.807) is 4.90 Å². The molecular formula is C20H20N4O2. The zero-order valence-corrected chi connectivity index (χ0v) is 14.6. The molecule has 2 amide bonds. The highest BCUT2D eigenvalue weighted by atomic mass is 16.2. The van der Waals surface area contributed by atoms with Gasteiger partial charge in [-0.2, -0.15) is 5.10 Å². The Bertz CT molecular complexity index is 961. The van der Waals surface area contributed by atoms with Crippen molar-refractivity contribution in [2.45, 2.75) is 13.3 Å². The van der Waals surface area contributed by atoms with Gasteiger partial charge >= 0.3 is 0 Å². The van der Waals surface area contributed by atoms with E-state index in [1.165, 1.54) is 6.92 Å². The molecule has 1 fully saturated rings. The van der Waals surface area contributed by atoms with Crippen LogP contribution in [0.2, 0.25) is 0 Å². The summed E-state index contributed by atoms with van der Waals surface area (Å²) in [7, 11) is 0. The molecule has 1 saturated heterocycles. The van der Waals surface area contributed by atoms with Gasteiger partial charge in [-0.25, -0.2) is 4.68 Å². The van der Waals surface area contributed by atoms with Crippen molar-refractivity contribution in [2.24, 2.45) is 5.92 Å². The van der Waals surface area contributed by atoms with Crippen LogP contribution in [0.25, 0.3) is 16.6 Å². The van der Waals surface area contributed by atoms with Crippen LogP contribution < -0.4 is 5.32 Å². The molecule has 1 aliphatic rings. The van der Waals surface area contributed by atoms with E-state index >= 15 is 0 Å². The van der Waals surface area contributed by atoms with Crippen LogP contribution in [0.4, 0.5) is 5.69 Å². The second-order valence-electron chi connectivity index (χ2n) is 6.60. The molecule has 2 aromatic carbocycles. The Morgan fingerprint density at radius 2 is 1.88 bits per heavy atom. The lowest BCUT2D eigenvalue weighted by Crippen LogP contribution is -2.29.